The number of benzene rings is 2. The number of methoxy groups -OCH3 is 1. The van der Waals surface area contributed by atoms with E-state index in [0.717, 1.165) is 16.7 Å². The Balaban J connectivity index is 2.22. The summed E-state index contributed by atoms with van der Waals surface area (Å²) in [5.74, 6) is 1.04. The standard InChI is InChI=1S/C16H18FNO2/c1-11-8-14(17)7-6-13(11)10-20-16-12(9-18)4-3-5-15(16)19-2/h3-8H,9-10,18H2,1-2H3. The molecular weight excluding hydrogens is 257 g/mol. The van der Waals surface area contributed by atoms with E-state index >= 15 is 0 Å². The molecule has 0 aromatic heterocycles. The summed E-state index contributed by atoms with van der Waals surface area (Å²) in [5.41, 5.74) is 8.37. The monoisotopic (exact) mass is 275 g/mol. The SMILES string of the molecule is COc1cccc(CN)c1OCc1ccc(F)cc1C. The van der Waals surface area contributed by atoms with Gasteiger partial charge in [0.1, 0.15) is 12.4 Å². The van der Waals surface area contributed by atoms with E-state index < -0.39 is 0 Å². The van der Waals surface area contributed by atoms with E-state index in [9.17, 15) is 4.39 Å². The fourth-order valence-corrected chi connectivity index (χ4v) is 2.02. The summed E-state index contributed by atoms with van der Waals surface area (Å²) >= 11 is 0. The molecule has 0 aliphatic carbocycles. The molecule has 0 aliphatic rings. The predicted octanol–water partition coefficient (Wildman–Crippen LogP) is 3.18. The molecule has 0 unspecified atom stereocenters. The van der Waals surface area contributed by atoms with Gasteiger partial charge in [-0.2, -0.15) is 0 Å². The smallest absolute Gasteiger partial charge is 0.166 e. The Bertz CT molecular complexity index is 577. The van der Waals surface area contributed by atoms with E-state index in [-0.39, 0.29) is 5.82 Å². The van der Waals surface area contributed by atoms with E-state index in [4.69, 9.17) is 15.2 Å². The largest absolute Gasteiger partial charge is 0.493 e. The molecule has 3 nitrogen and oxygen atoms in total. The van der Waals surface area contributed by atoms with Crippen LogP contribution in [-0.4, -0.2) is 7.11 Å². The van der Waals surface area contributed by atoms with Crippen molar-refractivity contribution in [3.63, 3.8) is 0 Å². The highest BCUT2D eigenvalue weighted by Gasteiger charge is 2.10. The number of hydrogen-bond acceptors (Lipinski definition) is 3. The zero-order valence-corrected chi connectivity index (χ0v) is 11.7. The molecule has 2 aromatic carbocycles. The first kappa shape index (κ1) is 14.3. The lowest BCUT2D eigenvalue weighted by Crippen LogP contribution is -2.05. The molecule has 0 spiro atoms. The van der Waals surface area contributed by atoms with Gasteiger partial charge in [0.2, 0.25) is 0 Å². The molecular formula is C16H18FNO2. The molecule has 20 heavy (non-hydrogen) atoms. The Morgan fingerprint density at radius 1 is 1.15 bits per heavy atom. The molecule has 0 bridgehead atoms. The van der Waals surface area contributed by atoms with Crippen molar-refractivity contribution in [1.29, 1.82) is 0 Å². The second-order valence-electron chi connectivity index (χ2n) is 4.51. The van der Waals surface area contributed by atoms with Crippen LogP contribution in [0.15, 0.2) is 36.4 Å². The minimum absolute atomic E-state index is 0.244. The third kappa shape index (κ3) is 3.08. The van der Waals surface area contributed by atoms with Crippen LogP contribution < -0.4 is 15.2 Å². The van der Waals surface area contributed by atoms with Crippen molar-refractivity contribution in [3.05, 3.63) is 58.9 Å². The van der Waals surface area contributed by atoms with Gasteiger partial charge >= 0.3 is 0 Å². The first-order valence-electron chi connectivity index (χ1n) is 6.39. The molecule has 0 radical (unpaired) electrons. The Morgan fingerprint density at radius 2 is 1.95 bits per heavy atom. The van der Waals surface area contributed by atoms with Crippen molar-refractivity contribution in [3.8, 4) is 11.5 Å². The molecule has 4 heteroatoms. The maximum absolute atomic E-state index is 13.1. The summed E-state index contributed by atoms with van der Waals surface area (Å²) in [7, 11) is 1.59. The zero-order valence-electron chi connectivity index (χ0n) is 11.7. The van der Waals surface area contributed by atoms with Crippen LogP contribution in [-0.2, 0) is 13.2 Å². The quantitative estimate of drug-likeness (QED) is 0.911. The Kier molecular flexibility index (Phi) is 4.58. The van der Waals surface area contributed by atoms with Crippen molar-refractivity contribution in [2.24, 2.45) is 5.73 Å². The molecule has 0 aliphatic heterocycles. The maximum Gasteiger partial charge on any atom is 0.166 e. The van der Waals surface area contributed by atoms with E-state index in [1.165, 1.54) is 12.1 Å². The molecule has 0 fully saturated rings. The van der Waals surface area contributed by atoms with Crippen molar-refractivity contribution >= 4 is 0 Å². The number of hydrogen-bond donors (Lipinski definition) is 1. The van der Waals surface area contributed by atoms with Crippen LogP contribution >= 0.6 is 0 Å². The number of para-hydroxylation sites is 1. The van der Waals surface area contributed by atoms with Gasteiger partial charge in [-0.05, 0) is 36.2 Å². The van der Waals surface area contributed by atoms with Gasteiger partial charge in [0, 0.05) is 12.1 Å². The molecule has 0 saturated heterocycles. The van der Waals surface area contributed by atoms with Gasteiger partial charge in [-0.25, -0.2) is 4.39 Å². The number of nitrogens with two attached hydrogens (primary N) is 1. The molecule has 0 amide bonds. The summed E-state index contributed by atoms with van der Waals surface area (Å²) in [5, 5.41) is 0. The summed E-state index contributed by atoms with van der Waals surface area (Å²) in [4.78, 5) is 0. The first-order valence-corrected chi connectivity index (χ1v) is 6.39. The van der Waals surface area contributed by atoms with E-state index in [2.05, 4.69) is 0 Å². The van der Waals surface area contributed by atoms with E-state index in [1.54, 1.807) is 13.2 Å². The topological polar surface area (TPSA) is 44.5 Å². The molecule has 2 aromatic rings. The Labute approximate surface area is 118 Å². The fraction of sp³-hybridized carbons (Fsp3) is 0.250. The van der Waals surface area contributed by atoms with Crippen LogP contribution in [0.1, 0.15) is 16.7 Å². The third-order valence-corrected chi connectivity index (χ3v) is 3.18. The van der Waals surface area contributed by atoms with Gasteiger partial charge in [0.15, 0.2) is 11.5 Å². The van der Waals surface area contributed by atoms with Crippen LogP contribution in [0, 0.1) is 12.7 Å². The predicted molar refractivity (Wildman–Crippen MR) is 76.4 cm³/mol. The third-order valence-electron chi connectivity index (χ3n) is 3.18. The lowest BCUT2D eigenvalue weighted by Gasteiger charge is -2.15. The van der Waals surface area contributed by atoms with Crippen molar-refractivity contribution < 1.29 is 13.9 Å². The van der Waals surface area contributed by atoms with Crippen molar-refractivity contribution in [1.82, 2.24) is 0 Å². The second-order valence-corrected chi connectivity index (χ2v) is 4.51. The Hall–Kier alpha value is -2.07. The van der Waals surface area contributed by atoms with Crippen LogP contribution in [0.5, 0.6) is 11.5 Å². The minimum atomic E-state index is -0.244. The lowest BCUT2D eigenvalue weighted by atomic mass is 10.1. The molecule has 2 rings (SSSR count). The molecule has 0 saturated carbocycles. The minimum Gasteiger partial charge on any atom is -0.493 e. The maximum atomic E-state index is 13.1. The van der Waals surface area contributed by atoms with Gasteiger partial charge in [-0.1, -0.05) is 18.2 Å². The van der Waals surface area contributed by atoms with Crippen LogP contribution in [0.4, 0.5) is 4.39 Å². The number of ether oxygens (including phenoxy) is 2. The first-order chi connectivity index (χ1) is 9.65. The summed E-state index contributed by atoms with van der Waals surface area (Å²) < 4.78 is 24.2. The fourth-order valence-electron chi connectivity index (χ4n) is 2.02. The van der Waals surface area contributed by atoms with Gasteiger partial charge in [-0.15, -0.1) is 0 Å². The number of rotatable bonds is 5. The van der Waals surface area contributed by atoms with Crippen LogP contribution in [0.25, 0.3) is 0 Å². The highest BCUT2D eigenvalue weighted by molar-refractivity contribution is 5.46. The average Bonchev–Trinajstić information content (AvgIpc) is 2.46. The van der Waals surface area contributed by atoms with Gasteiger partial charge in [-0.3, -0.25) is 0 Å². The van der Waals surface area contributed by atoms with Gasteiger partial charge in [0.05, 0.1) is 7.11 Å². The number of aryl methyl sites for hydroxylation is 1. The highest BCUT2D eigenvalue weighted by atomic mass is 19.1. The molecule has 2 N–H and O–H groups in total. The molecule has 0 heterocycles. The summed E-state index contributed by atoms with van der Waals surface area (Å²) in [6.07, 6.45) is 0. The molecule has 0 atom stereocenters. The number of halogens is 1. The van der Waals surface area contributed by atoms with E-state index in [0.29, 0.717) is 24.7 Å². The lowest BCUT2D eigenvalue weighted by molar-refractivity contribution is 0.280. The van der Waals surface area contributed by atoms with Crippen LogP contribution in [0.2, 0.25) is 0 Å². The summed E-state index contributed by atoms with van der Waals surface area (Å²) in [6, 6.07) is 10.2. The van der Waals surface area contributed by atoms with Gasteiger partial charge < -0.3 is 15.2 Å². The second kappa shape index (κ2) is 6.39. The summed E-state index contributed by atoms with van der Waals surface area (Å²) in [6.45, 7) is 2.57. The highest BCUT2D eigenvalue weighted by Crippen LogP contribution is 2.31. The average molecular weight is 275 g/mol. The van der Waals surface area contributed by atoms with E-state index in [1.807, 2.05) is 25.1 Å². The van der Waals surface area contributed by atoms with Gasteiger partial charge in [0.25, 0.3) is 0 Å². The Morgan fingerprint density at radius 3 is 2.60 bits per heavy atom. The zero-order chi connectivity index (χ0) is 14.5. The van der Waals surface area contributed by atoms with Crippen molar-refractivity contribution in [2.45, 2.75) is 20.1 Å². The molecule has 106 valence electrons. The van der Waals surface area contributed by atoms with Crippen molar-refractivity contribution in [2.75, 3.05) is 7.11 Å². The van der Waals surface area contributed by atoms with Crippen LogP contribution in [0.3, 0.4) is 0 Å². The normalized spacial score (nSPS) is 10.4.